The van der Waals surface area contributed by atoms with E-state index in [2.05, 4.69) is 22.3 Å². The van der Waals surface area contributed by atoms with Gasteiger partial charge in [0.1, 0.15) is 0 Å². The van der Waals surface area contributed by atoms with Gasteiger partial charge in [0.2, 0.25) is 5.91 Å². The fourth-order valence-corrected chi connectivity index (χ4v) is 3.78. The summed E-state index contributed by atoms with van der Waals surface area (Å²) in [7, 11) is 0. The lowest BCUT2D eigenvalue weighted by Gasteiger charge is -2.34. The Balaban J connectivity index is 1.50. The highest BCUT2D eigenvalue weighted by Crippen LogP contribution is 2.16. The normalized spacial score (nSPS) is 15.0. The highest BCUT2D eigenvalue weighted by atomic mass is 35.5. The number of piperidine rings is 1. The predicted molar refractivity (Wildman–Crippen MR) is 119 cm³/mol. The SMILES string of the molecule is NC(=O)CCN(Cc1ccccc1)C(=O)NC1CCN(Cc2ccc(Cl)cc2)CC1. The summed E-state index contributed by atoms with van der Waals surface area (Å²) in [5.41, 5.74) is 7.56. The van der Waals surface area contributed by atoms with Crippen LogP contribution in [0.3, 0.4) is 0 Å². The molecule has 0 saturated carbocycles. The molecule has 3 rings (SSSR count). The minimum Gasteiger partial charge on any atom is -0.370 e. The topological polar surface area (TPSA) is 78.7 Å². The molecule has 1 aliphatic rings. The molecule has 160 valence electrons. The van der Waals surface area contributed by atoms with Gasteiger partial charge in [-0.2, -0.15) is 0 Å². The predicted octanol–water partition coefficient (Wildman–Crippen LogP) is 3.39. The van der Waals surface area contributed by atoms with Crippen molar-refractivity contribution in [3.05, 3.63) is 70.7 Å². The third-order valence-corrected chi connectivity index (χ3v) is 5.62. The molecule has 1 heterocycles. The molecule has 0 spiro atoms. The van der Waals surface area contributed by atoms with Crippen LogP contribution in [0.15, 0.2) is 54.6 Å². The summed E-state index contributed by atoms with van der Waals surface area (Å²) in [6.45, 7) is 3.50. The maximum Gasteiger partial charge on any atom is 0.317 e. The molecule has 6 nitrogen and oxygen atoms in total. The van der Waals surface area contributed by atoms with Gasteiger partial charge >= 0.3 is 6.03 Å². The molecular weight excluding hydrogens is 400 g/mol. The molecule has 3 N–H and O–H groups in total. The Morgan fingerprint density at radius 2 is 1.70 bits per heavy atom. The van der Waals surface area contributed by atoms with Crippen LogP contribution in [0, 0.1) is 0 Å². The summed E-state index contributed by atoms with van der Waals surface area (Å²) in [6.07, 6.45) is 1.95. The number of nitrogens with two attached hydrogens (primary N) is 1. The third kappa shape index (κ3) is 7.04. The molecule has 0 aromatic heterocycles. The summed E-state index contributed by atoms with van der Waals surface area (Å²) in [6, 6.07) is 17.7. The maximum absolute atomic E-state index is 12.9. The number of hydrogen-bond donors (Lipinski definition) is 2. The lowest BCUT2D eigenvalue weighted by molar-refractivity contribution is -0.118. The van der Waals surface area contributed by atoms with Crippen LogP contribution < -0.4 is 11.1 Å². The van der Waals surface area contributed by atoms with Crippen molar-refractivity contribution in [2.75, 3.05) is 19.6 Å². The first-order chi connectivity index (χ1) is 14.5. The van der Waals surface area contributed by atoms with E-state index < -0.39 is 5.91 Å². The van der Waals surface area contributed by atoms with Crippen molar-refractivity contribution in [3.8, 4) is 0 Å². The summed E-state index contributed by atoms with van der Waals surface area (Å²) >= 11 is 5.95. The number of primary amides is 1. The van der Waals surface area contributed by atoms with Crippen molar-refractivity contribution in [1.82, 2.24) is 15.1 Å². The Labute approximate surface area is 183 Å². The zero-order chi connectivity index (χ0) is 21.3. The average molecular weight is 429 g/mol. The summed E-state index contributed by atoms with van der Waals surface area (Å²) in [5, 5.41) is 3.89. The van der Waals surface area contributed by atoms with E-state index in [1.165, 1.54) is 5.56 Å². The zero-order valence-electron chi connectivity index (χ0n) is 17.1. The maximum atomic E-state index is 12.9. The van der Waals surface area contributed by atoms with Crippen molar-refractivity contribution < 1.29 is 9.59 Å². The molecule has 0 radical (unpaired) electrons. The fraction of sp³-hybridized carbons (Fsp3) is 0.391. The van der Waals surface area contributed by atoms with Gasteiger partial charge in [-0.25, -0.2) is 4.79 Å². The van der Waals surface area contributed by atoms with Gasteiger partial charge in [0.25, 0.3) is 0 Å². The highest BCUT2D eigenvalue weighted by Gasteiger charge is 2.23. The quantitative estimate of drug-likeness (QED) is 0.676. The minimum absolute atomic E-state index is 0.130. The Bertz CT molecular complexity index is 821. The van der Waals surface area contributed by atoms with Crippen LogP contribution in [0.25, 0.3) is 0 Å². The number of carbonyl (C=O) groups is 2. The molecule has 3 amide bonds. The van der Waals surface area contributed by atoms with Crippen molar-refractivity contribution in [3.63, 3.8) is 0 Å². The summed E-state index contributed by atoms with van der Waals surface area (Å²) < 4.78 is 0. The van der Waals surface area contributed by atoms with Crippen LogP contribution in [-0.4, -0.2) is 47.4 Å². The average Bonchev–Trinajstić information content (AvgIpc) is 2.74. The van der Waals surface area contributed by atoms with E-state index in [-0.39, 0.29) is 18.5 Å². The van der Waals surface area contributed by atoms with Gasteiger partial charge in [-0.1, -0.05) is 54.1 Å². The standard InChI is InChI=1S/C23H29ClN4O2/c24-20-8-6-19(7-9-20)16-27-13-10-21(11-14-27)26-23(30)28(15-12-22(25)29)17-18-4-2-1-3-5-18/h1-9,21H,10-17H2,(H2,25,29)(H,26,30). The number of nitrogens with one attached hydrogen (secondary N) is 1. The van der Waals surface area contributed by atoms with Crippen LogP contribution in [0.5, 0.6) is 0 Å². The second kappa shape index (κ2) is 11.0. The van der Waals surface area contributed by atoms with Gasteiger partial charge in [-0.3, -0.25) is 9.69 Å². The van der Waals surface area contributed by atoms with E-state index in [9.17, 15) is 9.59 Å². The molecule has 0 atom stereocenters. The first-order valence-electron chi connectivity index (χ1n) is 10.3. The monoisotopic (exact) mass is 428 g/mol. The number of halogens is 1. The van der Waals surface area contributed by atoms with E-state index >= 15 is 0 Å². The minimum atomic E-state index is -0.406. The largest absolute Gasteiger partial charge is 0.370 e. The Hall–Kier alpha value is -2.57. The van der Waals surface area contributed by atoms with Crippen LogP contribution in [0.2, 0.25) is 5.02 Å². The van der Waals surface area contributed by atoms with E-state index in [4.69, 9.17) is 17.3 Å². The Morgan fingerprint density at radius 1 is 1.03 bits per heavy atom. The molecule has 0 bridgehead atoms. The van der Waals surface area contributed by atoms with Crippen LogP contribution in [-0.2, 0) is 17.9 Å². The lowest BCUT2D eigenvalue weighted by Crippen LogP contribution is -2.49. The van der Waals surface area contributed by atoms with E-state index in [0.29, 0.717) is 13.1 Å². The number of rotatable bonds is 8. The summed E-state index contributed by atoms with van der Waals surface area (Å²) in [4.78, 5) is 28.2. The second-order valence-electron chi connectivity index (χ2n) is 7.75. The van der Waals surface area contributed by atoms with Gasteiger partial charge < -0.3 is 16.0 Å². The number of likely N-dealkylation sites (tertiary alicyclic amines) is 1. The van der Waals surface area contributed by atoms with E-state index in [0.717, 1.165) is 43.1 Å². The van der Waals surface area contributed by atoms with Crippen molar-refractivity contribution >= 4 is 23.5 Å². The van der Waals surface area contributed by atoms with Crippen LogP contribution >= 0.6 is 11.6 Å². The van der Waals surface area contributed by atoms with Gasteiger partial charge in [-0.15, -0.1) is 0 Å². The van der Waals surface area contributed by atoms with Crippen molar-refractivity contribution in [1.29, 1.82) is 0 Å². The van der Waals surface area contributed by atoms with E-state index in [1.807, 2.05) is 42.5 Å². The lowest BCUT2D eigenvalue weighted by atomic mass is 10.0. The number of carbonyl (C=O) groups excluding carboxylic acids is 2. The zero-order valence-corrected chi connectivity index (χ0v) is 17.9. The Kier molecular flexibility index (Phi) is 8.11. The Morgan fingerprint density at radius 3 is 2.33 bits per heavy atom. The molecule has 1 fully saturated rings. The molecule has 1 aliphatic heterocycles. The first kappa shape index (κ1) is 22.1. The third-order valence-electron chi connectivity index (χ3n) is 5.37. The van der Waals surface area contributed by atoms with E-state index in [1.54, 1.807) is 4.90 Å². The van der Waals surface area contributed by atoms with Crippen molar-refractivity contribution in [2.45, 2.75) is 38.4 Å². The molecule has 2 aromatic carbocycles. The smallest absolute Gasteiger partial charge is 0.317 e. The van der Waals surface area contributed by atoms with Gasteiger partial charge in [-0.05, 0) is 36.1 Å². The highest BCUT2D eigenvalue weighted by molar-refractivity contribution is 6.30. The van der Waals surface area contributed by atoms with Crippen LogP contribution in [0.1, 0.15) is 30.4 Å². The van der Waals surface area contributed by atoms with Gasteiger partial charge in [0.05, 0.1) is 0 Å². The van der Waals surface area contributed by atoms with Gasteiger partial charge in [0.15, 0.2) is 0 Å². The molecular formula is C23H29ClN4O2. The molecule has 0 aliphatic carbocycles. The van der Waals surface area contributed by atoms with Crippen molar-refractivity contribution in [2.24, 2.45) is 5.73 Å². The first-order valence-corrected chi connectivity index (χ1v) is 10.7. The number of hydrogen-bond acceptors (Lipinski definition) is 3. The molecule has 7 heteroatoms. The molecule has 1 saturated heterocycles. The molecule has 2 aromatic rings. The van der Waals surface area contributed by atoms with Crippen LogP contribution in [0.4, 0.5) is 4.79 Å². The summed E-state index contributed by atoms with van der Waals surface area (Å²) in [5.74, 6) is -0.406. The number of urea groups is 1. The number of amides is 3. The number of benzene rings is 2. The second-order valence-corrected chi connectivity index (χ2v) is 8.19. The molecule has 30 heavy (non-hydrogen) atoms. The fourth-order valence-electron chi connectivity index (χ4n) is 3.65. The van der Waals surface area contributed by atoms with Gasteiger partial charge in [0, 0.05) is 50.2 Å². The molecule has 0 unspecified atom stereocenters. The number of nitrogens with zero attached hydrogens (tertiary/aromatic N) is 2.